The van der Waals surface area contributed by atoms with Gasteiger partial charge in [0.1, 0.15) is 12.4 Å². The van der Waals surface area contributed by atoms with Gasteiger partial charge < -0.3 is 14.3 Å². The van der Waals surface area contributed by atoms with Crippen LogP contribution in [0.2, 0.25) is 0 Å². The van der Waals surface area contributed by atoms with E-state index in [1.807, 2.05) is 0 Å². The summed E-state index contributed by atoms with van der Waals surface area (Å²) in [4.78, 5) is 0. The Balaban J connectivity index is 2.12. The van der Waals surface area contributed by atoms with Crippen molar-refractivity contribution in [3.8, 4) is 0 Å². The molecule has 1 atom stereocenters. The van der Waals surface area contributed by atoms with Gasteiger partial charge in [0, 0.05) is 20.2 Å². The van der Waals surface area contributed by atoms with E-state index in [1.165, 1.54) is 16.4 Å². The molecule has 0 radical (unpaired) electrons. The maximum absolute atomic E-state index is 12.2. The number of methoxy groups -OCH3 is 1. The Kier molecular flexibility index (Phi) is 4.06. The van der Waals surface area contributed by atoms with E-state index in [9.17, 15) is 8.42 Å². The molecule has 1 unspecified atom stereocenters. The normalized spacial score (nSPS) is 21.6. The zero-order valence-electron chi connectivity index (χ0n) is 10.2. The smallest absolute Gasteiger partial charge is 0.276 e. The van der Waals surface area contributed by atoms with Gasteiger partial charge in [-0.25, -0.2) is 8.42 Å². The Bertz CT molecular complexity index is 495. The Hall–Kier alpha value is -0.890. The quantitative estimate of drug-likeness (QED) is 0.843. The second kappa shape index (κ2) is 5.40. The van der Waals surface area contributed by atoms with E-state index in [0.717, 1.165) is 6.42 Å². The van der Waals surface area contributed by atoms with E-state index in [4.69, 9.17) is 14.3 Å². The van der Waals surface area contributed by atoms with Crippen LogP contribution in [0.15, 0.2) is 21.6 Å². The van der Waals surface area contributed by atoms with Gasteiger partial charge >= 0.3 is 0 Å². The first-order valence-corrected chi connectivity index (χ1v) is 7.20. The first kappa shape index (κ1) is 13.5. The number of rotatable bonds is 5. The highest BCUT2D eigenvalue weighted by molar-refractivity contribution is 7.89. The molecule has 1 N–H and O–H groups in total. The zero-order valence-corrected chi connectivity index (χ0v) is 11.0. The van der Waals surface area contributed by atoms with Gasteiger partial charge in [-0.1, -0.05) is 0 Å². The van der Waals surface area contributed by atoms with Crippen LogP contribution < -0.4 is 0 Å². The van der Waals surface area contributed by atoms with Crippen molar-refractivity contribution >= 4 is 10.0 Å². The number of aliphatic hydroxyl groups is 1. The summed E-state index contributed by atoms with van der Waals surface area (Å²) in [6, 6.07) is 2.85. The highest BCUT2D eigenvalue weighted by Crippen LogP contribution is 2.25. The van der Waals surface area contributed by atoms with Crippen LogP contribution in [-0.4, -0.2) is 44.6 Å². The predicted octanol–water partition coefficient (Wildman–Crippen LogP) is 0.429. The van der Waals surface area contributed by atoms with Crippen molar-refractivity contribution in [1.29, 1.82) is 0 Å². The second-order valence-electron chi connectivity index (χ2n) is 4.35. The third-order valence-corrected chi connectivity index (χ3v) is 4.78. The molecule has 1 aromatic rings. The lowest BCUT2D eigenvalue weighted by atomic mass is 10.1. The molecular formula is C11H17NO5S. The third kappa shape index (κ3) is 2.59. The van der Waals surface area contributed by atoms with Gasteiger partial charge in [0.15, 0.2) is 0 Å². The first-order valence-electron chi connectivity index (χ1n) is 5.76. The lowest BCUT2D eigenvalue weighted by molar-refractivity contribution is 0.157. The van der Waals surface area contributed by atoms with Crippen molar-refractivity contribution < 1.29 is 22.7 Å². The summed E-state index contributed by atoms with van der Waals surface area (Å²) < 4.78 is 36.0. The van der Waals surface area contributed by atoms with Gasteiger partial charge in [-0.2, -0.15) is 4.31 Å². The number of hydrogen-bond acceptors (Lipinski definition) is 5. The van der Waals surface area contributed by atoms with Crippen LogP contribution in [0, 0.1) is 5.92 Å². The number of hydrogen-bond donors (Lipinski definition) is 1. The fourth-order valence-electron chi connectivity index (χ4n) is 2.10. The number of sulfonamides is 1. The Labute approximate surface area is 106 Å². The molecule has 102 valence electrons. The van der Waals surface area contributed by atoms with E-state index in [2.05, 4.69) is 0 Å². The molecule has 1 aliphatic rings. The van der Waals surface area contributed by atoms with Crippen LogP contribution >= 0.6 is 0 Å². The fourth-order valence-corrected chi connectivity index (χ4v) is 3.56. The molecule has 0 spiro atoms. The number of aliphatic hydroxyl groups excluding tert-OH is 1. The summed E-state index contributed by atoms with van der Waals surface area (Å²) in [5.41, 5.74) is 0. The monoisotopic (exact) mass is 275 g/mol. The molecule has 0 aromatic carbocycles. The van der Waals surface area contributed by atoms with E-state index < -0.39 is 10.0 Å². The van der Waals surface area contributed by atoms with Crippen molar-refractivity contribution in [3.05, 3.63) is 17.9 Å². The average molecular weight is 275 g/mol. The standard InChI is InChI=1S/C11H17NO5S/c1-16-8-9-4-5-12(6-9)18(14,15)11-3-2-10(7-13)17-11/h2-3,9,13H,4-8H2,1H3. The lowest BCUT2D eigenvalue weighted by Crippen LogP contribution is -2.29. The molecule has 2 rings (SSSR count). The van der Waals surface area contributed by atoms with Gasteiger partial charge in [0.2, 0.25) is 5.09 Å². The van der Waals surface area contributed by atoms with E-state index >= 15 is 0 Å². The van der Waals surface area contributed by atoms with E-state index in [1.54, 1.807) is 7.11 Å². The Morgan fingerprint density at radius 3 is 2.94 bits per heavy atom. The summed E-state index contributed by atoms with van der Waals surface area (Å²) in [5, 5.41) is 8.77. The van der Waals surface area contributed by atoms with Crippen molar-refractivity contribution in [2.45, 2.75) is 18.1 Å². The summed E-state index contributed by atoms with van der Waals surface area (Å²) >= 11 is 0. The molecule has 1 fully saturated rings. The minimum absolute atomic E-state index is 0.107. The minimum atomic E-state index is -3.58. The Morgan fingerprint density at radius 2 is 2.33 bits per heavy atom. The number of ether oxygens (including phenoxy) is 1. The minimum Gasteiger partial charge on any atom is -0.446 e. The molecule has 1 saturated heterocycles. The highest BCUT2D eigenvalue weighted by Gasteiger charge is 2.34. The van der Waals surface area contributed by atoms with Gasteiger partial charge in [-0.15, -0.1) is 0 Å². The van der Waals surface area contributed by atoms with Crippen molar-refractivity contribution in [3.63, 3.8) is 0 Å². The SMILES string of the molecule is COCC1CCN(S(=O)(=O)c2ccc(CO)o2)C1. The molecule has 6 nitrogen and oxygen atoms in total. The summed E-state index contributed by atoms with van der Waals surface area (Å²) in [7, 11) is -1.97. The fraction of sp³-hybridized carbons (Fsp3) is 0.636. The van der Waals surface area contributed by atoms with Crippen LogP contribution in [0.25, 0.3) is 0 Å². The second-order valence-corrected chi connectivity index (χ2v) is 6.22. The molecule has 7 heteroatoms. The molecule has 0 aliphatic carbocycles. The maximum atomic E-state index is 12.2. The van der Waals surface area contributed by atoms with E-state index in [-0.39, 0.29) is 23.4 Å². The molecule has 18 heavy (non-hydrogen) atoms. The van der Waals surface area contributed by atoms with Crippen LogP contribution in [0.3, 0.4) is 0 Å². The van der Waals surface area contributed by atoms with Gasteiger partial charge in [0.25, 0.3) is 10.0 Å². The van der Waals surface area contributed by atoms with E-state index in [0.29, 0.717) is 19.7 Å². The topological polar surface area (TPSA) is 80.0 Å². The highest BCUT2D eigenvalue weighted by atomic mass is 32.2. The van der Waals surface area contributed by atoms with Crippen LogP contribution in [0.1, 0.15) is 12.2 Å². The van der Waals surface area contributed by atoms with Crippen molar-refractivity contribution in [2.75, 3.05) is 26.8 Å². The molecular weight excluding hydrogens is 258 g/mol. The van der Waals surface area contributed by atoms with Crippen LogP contribution in [0.4, 0.5) is 0 Å². The molecule has 2 heterocycles. The van der Waals surface area contributed by atoms with Crippen LogP contribution in [-0.2, 0) is 21.4 Å². The van der Waals surface area contributed by atoms with Gasteiger partial charge in [-0.05, 0) is 24.5 Å². The summed E-state index contributed by atoms with van der Waals surface area (Å²) in [6.45, 7) is 1.19. The Morgan fingerprint density at radius 1 is 1.56 bits per heavy atom. The van der Waals surface area contributed by atoms with Crippen LogP contribution in [0.5, 0.6) is 0 Å². The largest absolute Gasteiger partial charge is 0.446 e. The van der Waals surface area contributed by atoms with Gasteiger partial charge in [-0.3, -0.25) is 0 Å². The predicted molar refractivity (Wildman–Crippen MR) is 63.4 cm³/mol. The number of nitrogens with zero attached hydrogens (tertiary/aromatic N) is 1. The first-order chi connectivity index (χ1) is 8.57. The molecule has 0 saturated carbocycles. The van der Waals surface area contributed by atoms with Crippen molar-refractivity contribution in [2.24, 2.45) is 5.92 Å². The number of furan rings is 1. The summed E-state index contributed by atoms with van der Waals surface area (Å²) in [6.07, 6.45) is 0.792. The summed E-state index contributed by atoms with van der Waals surface area (Å²) in [5.74, 6) is 0.485. The third-order valence-electron chi connectivity index (χ3n) is 3.04. The van der Waals surface area contributed by atoms with Crippen molar-refractivity contribution in [1.82, 2.24) is 4.31 Å². The van der Waals surface area contributed by atoms with Gasteiger partial charge in [0.05, 0.1) is 6.61 Å². The molecule has 1 aromatic heterocycles. The zero-order chi connectivity index (χ0) is 13.2. The maximum Gasteiger partial charge on any atom is 0.276 e. The molecule has 0 amide bonds. The average Bonchev–Trinajstić information content (AvgIpc) is 2.98. The lowest BCUT2D eigenvalue weighted by Gasteiger charge is -2.14. The molecule has 0 bridgehead atoms. The molecule has 1 aliphatic heterocycles.